The van der Waals surface area contributed by atoms with Gasteiger partial charge in [-0.2, -0.15) is 0 Å². The molecule has 0 saturated heterocycles. The molecule has 1 N–H and O–H groups in total. The van der Waals surface area contributed by atoms with Crippen molar-refractivity contribution in [2.45, 2.75) is 19.4 Å². The van der Waals surface area contributed by atoms with Crippen molar-refractivity contribution in [2.75, 3.05) is 18.5 Å². The maximum absolute atomic E-state index is 11.7. The number of hydrogen-bond acceptors (Lipinski definition) is 3. The van der Waals surface area contributed by atoms with Gasteiger partial charge in [-0.05, 0) is 18.9 Å². The van der Waals surface area contributed by atoms with Gasteiger partial charge in [-0.25, -0.2) is 4.79 Å². The van der Waals surface area contributed by atoms with Gasteiger partial charge in [-0.3, -0.25) is 9.36 Å². The number of aromatic carboxylic acids is 1. The Kier molecular flexibility index (Phi) is 2.68. The van der Waals surface area contributed by atoms with Gasteiger partial charge < -0.3 is 10.0 Å². The van der Waals surface area contributed by atoms with E-state index in [-0.39, 0.29) is 11.1 Å². The molecule has 0 unspecified atom stereocenters. The molecule has 2 heterocycles. The van der Waals surface area contributed by atoms with Crippen LogP contribution in [0.1, 0.15) is 23.2 Å². The summed E-state index contributed by atoms with van der Waals surface area (Å²) in [6, 6.07) is 2.71. The zero-order chi connectivity index (χ0) is 11.7. The number of fused-ring (bicyclic) bond motifs is 1. The number of carboxylic acid groups (broad SMARTS) is 1. The zero-order valence-electron chi connectivity index (χ0n) is 9.14. The molecule has 2 rings (SSSR count). The van der Waals surface area contributed by atoms with Gasteiger partial charge in [0.25, 0.3) is 5.56 Å². The maximum atomic E-state index is 11.7. The van der Waals surface area contributed by atoms with E-state index in [1.165, 1.54) is 12.1 Å². The maximum Gasteiger partial charge on any atom is 0.339 e. The van der Waals surface area contributed by atoms with Crippen LogP contribution >= 0.6 is 0 Å². The Morgan fingerprint density at radius 1 is 1.31 bits per heavy atom. The summed E-state index contributed by atoms with van der Waals surface area (Å²) in [7, 11) is 1.82. The lowest BCUT2D eigenvalue weighted by Crippen LogP contribution is -2.29. The molecule has 0 fully saturated rings. The Bertz CT molecular complexity index is 479. The van der Waals surface area contributed by atoms with Crippen LogP contribution in [0.25, 0.3) is 0 Å². The number of hydrogen-bond donors (Lipinski definition) is 1. The zero-order valence-corrected chi connectivity index (χ0v) is 9.14. The third-order valence-corrected chi connectivity index (χ3v) is 2.87. The number of rotatable bonds is 1. The minimum absolute atomic E-state index is 0.131. The Morgan fingerprint density at radius 3 is 2.69 bits per heavy atom. The summed E-state index contributed by atoms with van der Waals surface area (Å²) < 4.78 is 1.55. The summed E-state index contributed by atoms with van der Waals surface area (Å²) in [6.07, 6.45) is 1.87. The van der Waals surface area contributed by atoms with Crippen molar-refractivity contribution in [3.05, 3.63) is 28.0 Å². The van der Waals surface area contributed by atoms with Crippen molar-refractivity contribution in [2.24, 2.45) is 0 Å². The first-order valence-corrected chi connectivity index (χ1v) is 5.29. The molecule has 86 valence electrons. The van der Waals surface area contributed by atoms with Gasteiger partial charge in [-0.15, -0.1) is 0 Å². The summed E-state index contributed by atoms with van der Waals surface area (Å²) in [6.45, 7) is 1.38. The van der Waals surface area contributed by atoms with E-state index in [1.54, 1.807) is 4.57 Å². The second-order valence-electron chi connectivity index (χ2n) is 3.99. The van der Waals surface area contributed by atoms with E-state index in [0.717, 1.165) is 19.4 Å². The minimum Gasteiger partial charge on any atom is -0.478 e. The average Bonchev–Trinajstić information content (AvgIpc) is 2.42. The molecule has 0 aromatic carbocycles. The van der Waals surface area contributed by atoms with Gasteiger partial charge in [-0.1, -0.05) is 0 Å². The van der Waals surface area contributed by atoms with Gasteiger partial charge in [0.05, 0.1) is 0 Å². The second kappa shape index (κ2) is 4.00. The van der Waals surface area contributed by atoms with Gasteiger partial charge in [0.1, 0.15) is 11.4 Å². The lowest BCUT2D eigenvalue weighted by molar-refractivity contribution is 0.0696. The van der Waals surface area contributed by atoms with E-state index in [9.17, 15) is 9.59 Å². The lowest BCUT2D eigenvalue weighted by Gasteiger charge is -2.21. The topological polar surface area (TPSA) is 62.5 Å². The first-order chi connectivity index (χ1) is 7.61. The van der Waals surface area contributed by atoms with Crippen LogP contribution in [-0.2, 0) is 6.54 Å². The molecular formula is C11H14N2O3. The molecular weight excluding hydrogens is 208 g/mol. The second-order valence-corrected chi connectivity index (χ2v) is 3.99. The Labute approximate surface area is 92.9 Å². The van der Waals surface area contributed by atoms with Crippen LogP contribution in [0.2, 0.25) is 0 Å². The highest BCUT2D eigenvalue weighted by atomic mass is 16.4. The molecule has 1 aliphatic rings. The molecule has 0 amide bonds. The summed E-state index contributed by atoms with van der Waals surface area (Å²) in [4.78, 5) is 24.6. The highest BCUT2D eigenvalue weighted by Crippen LogP contribution is 2.21. The highest BCUT2D eigenvalue weighted by molar-refractivity contribution is 5.93. The first kappa shape index (κ1) is 10.7. The molecule has 0 atom stereocenters. The fraction of sp³-hybridized carbons (Fsp3) is 0.455. The number of pyridine rings is 1. The summed E-state index contributed by atoms with van der Waals surface area (Å²) in [5.74, 6) is -0.463. The first-order valence-electron chi connectivity index (χ1n) is 5.29. The number of carboxylic acids is 1. The van der Waals surface area contributed by atoms with Crippen molar-refractivity contribution in [3.63, 3.8) is 0 Å². The molecule has 1 aliphatic heterocycles. The Hall–Kier alpha value is -1.78. The average molecular weight is 222 g/mol. The van der Waals surface area contributed by atoms with E-state index in [0.29, 0.717) is 12.4 Å². The molecule has 0 saturated carbocycles. The van der Waals surface area contributed by atoms with Crippen LogP contribution in [0, 0.1) is 0 Å². The summed E-state index contributed by atoms with van der Waals surface area (Å²) in [5.41, 5.74) is 0.0674. The summed E-state index contributed by atoms with van der Waals surface area (Å²) in [5, 5.41) is 9.10. The van der Waals surface area contributed by atoms with Gasteiger partial charge in [0.2, 0.25) is 0 Å². The Balaban J connectivity index is 2.68. The monoisotopic (exact) mass is 222 g/mol. The summed E-state index contributed by atoms with van der Waals surface area (Å²) >= 11 is 0. The van der Waals surface area contributed by atoms with E-state index in [4.69, 9.17) is 5.11 Å². The number of aromatic nitrogens is 1. The number of anilines is 1. The molecule has 0 spiro atoms. The van der Waals surface area contributed by atoms with Crippen molar-refractivity contribution in [1.82, 2.24) is 4.57 Å². The quantitative estimate of drug-likeness (QED) is 0.762. The lowest BCUT2D eigenvalue weighted by atomic mass is 10.2. The van der Waals surface area contributed by atoms with Crippen molar-refractivity contribution in [1.29, 1.82) is 0 Å². The van der Waals surface area contributed by atoms with E-state index in [2.05, 4.69) is 0 Å². The third kappa shape index (κ3) is 1.68. The normalized spacial score (nSPS) is 15.4. The molecule has 0 aliphatic carbocycles. The van der Waals surface area contributed by atoms with Crippen LogP contribution in [0.5, 0.6) is 0 Å². The van der Waals surface area contributed by atoms with Crippen LogP contribution < -0.4 is 10.5 Å². The Morgan fingerprint density at radius 2 is 2.00 bits per heavy atom. The fourth-order valence-corrected chi connectivity index (χ4v) is 2.09. The third-order valence-electron chi connectivity index (χ3n) is 2.87. The van der Waals surface area contributed by atoms with Gasteiger partial charge in [0, 0.05) is 26.2 Å². The number of carbonyl (C=O) groups is 1. The SMILES string of the molecule is CN1CCCCn2c1c(C(=O)O)ccc2=O. The predicted octanol–water partition coefficient (Wildman–Crippen LogP) is 0.777. The van der Waals surface area contributed by atoms with Crippen LogP contribution in [0.15, 0.2) is 16.9 Å². The highest BCUT2D eigenvalue weighted by Gasteiger charge is 2.20. The van der Waals surface area contributed by atoms with Crippen molar-refractivity contribution in [3.8, 4) is 0 Å². The molecule has 1 aromatic rings. The van der Waals surface area contributed by atoms with E-state index in [1.807, 2.05) is 11.9 Å². The standard InChI is InChI=1S/C11H14N2O3/c1-12-6-2-3-7-13-9(14)5-4-8(10(12)13)11(15)16/h4-5H,2-3,6-7H2,1H3,(H,15,16). The minimum atomic E-state index is -0.988. The van der Waals surface area contributed by atoms with Crippen LogP contribution in [-0.4, -0.2) is 29.2 Å². The molecule has 0 radical (unpaired) electrons. The van der Waals surface area contributed by atoms with Gasteiger partial charge in [0.15, 0.2) is 0 Å². The molecule has 0 bridgehead atoms. The fourth-order valence-electron chi connectivity index (χ4n) is 2.09. The number of nitrogens with zero attached hydrogens (tertiary/aromatic N) is 2. The molecule has 5 heteroatoms. The smallest absolute Gasteiger partial charge is 0.339 e. The van der Waals surface area contributed by atoms with Crippen molar-refractivity contribution < 1.29 is 9.90 Å². The molecule has 16 heavy (non-hydrogen) atoms. The van der Waals surface area contributed by atoms with Gasteiger partial charge >= 0.3 is 5.97 Å². The van der Waals surface area contributed by atoms with Crippen LogP contribution in [0.3, 0.4) is 0 Å². The van der Waals surface area contributed by atoms with Crippen LogP contribution in [0.4, 0.5) is 5.82 Å². The van der Waals surface area contributed by atoms with E-state index < -0.39 is 5.97 Å². The predicted molar refractivity (Wildman–Crippen MR) is 60.2 cm³/mol. The van der Waals surface area contributed by atoms with E-state index >= 15 is 0 Å². The van der Waals surface area contributed by atoms with Crippen molar-refractivity contribution >= 4 is 11.8 Å². The molecule has 1 aromatic heterocycles. The largest absolute Gasteiger partial charge is 0.478 e. The molecule has 5 nitrogen and oxygen atoms in total.